The number of hydrogen-bond donors (Lipinski definition) is 0. The van der Waals surface area contributed by atoms with Crippen LogP contribution in [0.1, 0.15) is 12.0 Å². The summed E-state index contributed by atoms with van der Waals surface area (Å²) in [6.07, 6.45) is 0.449. The number of rotatable bonds is 3. The summed E-state index contributed by atoms with van der Waals surface area (Å²) in [6.45, 7) is 2.38. The molecule has 1 aromatic carbocycles. The molecule has 4 heteroatoms. The van der Waals surface area contributed by atoms with E-state index in [1.165, 1.54) is 12.7 Å². The first-order valence-corrected chi connectivity index (χ1v) is 6.80. The molecule has 1 aliphatic heterocycles. The first-order valence-electron chi connectivity index (χ1n) is 6.80. The molecule has 1 fully saturated rings. The number of hydrogen-bond acceptors (Lipinski definition) is 4. The van der Waals surface area contributed by atoms with E-state index in [1.54, 1.807) is 0 Å². The number of methoxy groups -OCH3 is 1. The van der Waals surface area contributed by atoms with E-state index in [0.717, 1.165) is 18.7 Å². The SMILES string of the molecule is COC(=O)C1=C2CN(Cc3ccccc3)CC2CC1=O. The minimum Gasteiger partial charge on any atom is -0.465 e. The van der Waals surface area contributed by atoms with Crippen LogP contribution in [0, 0.1) is 5.92 Å². The zero-order valence-electron chi connectivity index (χ0n) is 11.5. The number of carbonyl (C=O) groups excluding carboxylic acids is 2. The second-order valence-electron chi connectivity index (χ2n) is 5.37. The molecule has 1 heterocycles. The smallest absolute Gasteiger partial charge is 0.341 e. The van der Waals surface area contributed by atoms with E-state index in [0.29, 0.717) is 18.5 Å². The molecule has 104 valence electrons. The highest BCUT2D eigenvalue weighted by molar-refractivity contribution is 6.20. The van der Waals surface area contributed by atoms with Crippen LogP contribution in [0.2, 0.25) is 0 Å². The van der Waals surface area contributed by atoms with Crippen molar-refractivity contribution in [2.24, 2.45) is 5.92 Å². The Balaban J connectivity index is 1.78. The Morgan fingerprint density at radius 3 is 2.80 bits per heavy atom. The van der Waals surface area contributed by atoms with Crippen LogP contribution in [-0.4, -0.2) is 36.9 Å². The highest BCUT2D eigenvalue weighted by Crippen LogP contribution is 2.36. The third kappa shape index (κ3) is 2.27. The quantitative estimate of drug-likeness (QED) is 0.618. The Morgan fingerprint density at radius 1 is 1.35 bits per heavy atom. The van der Waals surface area contributed by atoms with Crippen molar-refractivity contribution < 1.29 is 14.3 Å². The Bertz CT molecular complexity index is 577. The normalized spacial score (nSPS) is 22.2. The Hall–Kier alpha value is -1.94. The summed E-state index contributed by atoms with van der Waals surface area (Å²) in [5.74, 6) is -0.342. The second-order valence-corrected chi connectivity index (χ2v) is 5.37. The highest BCUT2D eigenvalue weighted by Gasteiger charge is 2.41. The van der Waals surface area contributed by atoms with E-state index in [9.17, 15) is 9.59 Å². The molecule has 2 aliphatic rings. The van der Waals surface area contributed by atoms with Crippen LogP contribution in [0.25, 0.3) is 0 Å². The summed E-state index contributed by atoms with van der Waals surface area (Å²) in [7, 11) is 1.33. The van der Waals surface area contributed by atoms with E-state index in [-0.39, 0.29) is 11.7 Å². The number of esters is 1. The van der Waals surface area contributed by atoms with E-state index in [2.05, 4.69) is 17.0 Å². The molecule has 1 unspecified atom stereocenters. The Kier molecular flexibility index (Phi) is 3.40. The van der Waals surface area contributed by atoms with Gasteiger partial charge in [-0.15, -0.1) is 0 Å². The van der Waals surface area contributed by atoms with Gasteiger partial charge in [0.15, 0.2) is 5.78 Å². The summed E-state index contributed by atoms with van der Waals surface area (Å²) in [4.78, 5) is 25.9. The van der Waals surface area contributed by atoms with Gasteiger partial charge in [0.05, 0.1) is 7.11 Å². The van der Waals surface area contributed by atoms with Gasteiger partial charge in [0.1, 0.15) is 5.57 Å². The van der Waals surface area contributed by atoms with Crippen LogP contribution in [0.5, 0.6) is 0 Å². The number of Topliss-reactive ketones (excluding diaryl/α,β-unsaturated/α-hetero) is 1. The van der Waals surface area contributed by atoms with E-state index >= 15 is 0 Å². The zero-order chi connectivity index (χ0) is 14.1. The van der Waals surface area contributed by atoms with Crippen LogP contribution in [0.4, 0.5) is 0 Å². The van der Waals surface area contributed by atoms with Gasteiger partial charge >= 0.3 is 5.97 Å². The molecule has 1 saturated heterocycles. The molecule has 1 atom stereocenters. The predicted octanol–water partition coefficient (Wildman–Crippen LogP) is 1.56. The maximum absolute atomic E-state index is 11.9. The topological polar surface area (TPSA) is 46.6 Å². The number of benzene rings is 1. The van der Waals surface area contributed by atoms with Crippen LogP contribution in [-0.2, 0) is 20.9 Å². The minimum atomic E-state index is -0.478. The van der Waals surface area contributed by atoms with Crippen LogP contribution >= 0.6 is 0 Å². The fourth-order valence-corrected chi connectivity index (χ4v) is 3.14. The van der Waals surface area contributed by atoms with Gasteiger partial charge in [0.25, 0.3) is 0 Å². The number of nitrogens with zero attached hydrogens (tertiary/aromatic N) is 1. The predicted molar refractivity (Wildman–Crippen MR) is 73.9 cm³/mol. The fraction of sp³-hybridized carbons (Fsp3) is 0.375. The van der Waals surface area contributed by atoms with Crippen LogP contribution in [0.15, 0.2) is 41.5 Å². The van der Waals surface area contributed by atoms with Crippen molar-refractivity contribution in [2.75, 3.05) is 20.2 Å². The number of likely N-dealkylation sites (tertiary alicyclic amines) is 1. The van der Waals surface area contributed by atoms with Crippen molar-refractivity contribution in [2.45, 2.75) is 13.0 Å². The van der Waals surface area contributed by atoms with Gasteiger partial charge in [-0.3, -0.25) is 9.69 Å². The lowest BCUT2D eigenvalue weighted by atomic mass is 10.1. The van der Waals surface area contributed by atoms with Crippen molar-refractivity contribution in [3.05, 3.63) is 47.0 Å². The first-order chi connectivity index (χ1) is 9.69. The molecule has 3 rings (SSSR count). The lowest BCUT2D eigenvalue weighted by Gasteiger charge is -2.15. The van der Waals surface area contributed by atoms with Crippen LogP contribution < -0.4 is 0 Å². The molecule has 20 heavy (non-hydrogen) atoms. The third-order valence-corrected chi connectivity index (χ3v) is 4.04. The van der Waals surface area contributed by atoms with Gasteiger partial charge in [-0.25, -0.2) is 4.79 Å². The molecule has 0 aromatic heterocycles. The summed E-state index contributed by atoms with van der Waals surface area (Å²) in [5, 5.41) is 0. The molecule has 0 spiro atoms. The number of carbonyl (C=O) groups is 2. The average Bonchev–Trinajstić information content (AvgIpc) is 2.95. The zero-order valence-corrected chi connectivity index (χ0v) is 11.5. The molecule has 0 saturated carbocycles. The molecular formula is C16H17NO3. The molecule has 1 aromatic rings. The van der Waals surface area contributed by atoms with Gasteiger partial charge < -0.3 is 4.74 Å². The monoisotopic (exact) mass is 271 g/mol. The van der Waals surface area contributed by atoms with Crippen LogP contribution in [0.3, 0.4) is 0 Å². The number of fused-ring (bicyclic) bond motifs is 1. The summed E-state index contributed by atoms with van der Waals surface area (Å²) >= 11 is 0. The maximum Gasteiger partial charge on any atom is 0.341 e. The van der Waals surface area contributed by atoms with E-state index in [1.807, 2.05) is 18.2 Å². The number of ketones is 1. The second kappa shape index (κ2) is 5.21. The summed E-state index contributed by atoms with van der Waals surface area (Å²) < 4.78 is 4.73. The minimum absolute atomic E-state index is 0.0591. The molecular weight excluding hydrogens is 254 g/mol. The standard InChI is InChI=1S/C16H17NO3/c1-20-16(19)15-13-10-17(9-12(13)7-14(15)18)8-11-5-3-2-4-6-11/h2-6,12H,7-10H2,1H3. The molecule has 1 aliphatic carbocycles. The molecule has 0 N–H and O–H groups in total. The molecule has 4 nitrogen and oxygen atoms in total. The molecule has 0 bridgehead atoms. The summed E-state index contributed by atoms with van der Waals surface area (Å²) in [5.41, 5.74) is 2.52. The van der Waals surface area contributed by atoms with Crippen molar-refractivity contribution in [3.8, 4) is 0 Å². The Morgan fingerprint density at radius 2 is 2.10 bits per heavy atom. The number of ether oxygens (including phenoxy) is 1. The van der Waals surface area contributed by atoms with Gasteiger partial charge in [-0.2, -0.15) is 0 Å². The van der Waals surface area contributed by atoms with E-state index in [4.69, 9.17) is 4.74 Å². The van der Waals surface area contributed by atoms with Gasteiger partial charge in [-0.05, 0) is 11.1 Å². The lowest BCUT2D eigenvalue weighted by Crippen LogP contribution is -2.22. The van der Waals surface area contributed by atoms with E-state index < -0.39 is 5.97 Å². The third-order valence-electron chi connectivity index (χ3n) is 4.04. The van der Waals surface area contributed by atoms with Crippen molar-refractivity contribution >= 4 is 11.8 Å². The molecule has 0 radical (unpaired) electrons. The maximum atomic E-state index is 11.9. The largest absolute Gasteiger partial charge is 0.465 e. The van der Waals surface area contributed by atoms with Crippen molar-refractivity contribution in [3.63, 3.8) is 0 Å². The van der Waals surface area contributed by atoms with Gasteiger partial charge in [0.2, 0.25) is 0 Å². The Labute approximate surface area is 118 Å². The van der Waals surface area contributed by atoms with Crippen molar-refractivity contribution in [1.82, 2.24) is 4.90 Å². The first kappa shape index (κ1) is 13.1. The van der Waals surface area contributed by atoms with Crippen molar-refractivity contribution in [1.29, 1.82) is 0 Å². The summed E-state index contributed by atoms with van der Waals surface area (Å²) in [6, 6.07) is 10.2. The average molecular weight is 271 g/mol. The van der Waals surface area contributed by atoms with Gasteiger partial charge in [0, 0.05) is 32.0 Å². The fourth-order valence-electron chi connectivity index (χ4n) is 3.14. The highest BCUT2D eigenvalue weighted by atomic mass is 16.5. The lowest BCUT2D eigenvalue weighted by molar-refractivity contribution is -0.137. The van der Waals surface area contributed by atoms with Gasteiger partial charge in [-0.1, -0.05) is 30.3 Å². The molecule has 0 amide bonds.